The van der Waals surface area contributed by atoms with Gasteiger partial charge in [-0.2, -0.15) is 5.10 Å². The number of carbonyl (C=O) groups excluding carboxylic acids is 1. The maximum absolute atomic E-state index is 12.5. The fourth-order valence-electron chi connectivity index (χ4n) is 3.42. The third-order valence-corrected chi connectivity index (χ3v) is 5.12. The number of aliphatic imine (C=N–C) groups is 1. The summed E-state index contributed by atoms with van der Waals surface area (Å²) >= 11 is 0. The summed E-state index contributed by atoms with van der Waals surface area (Å²) in [5.41, 5.74) is 3.06. The lowest BCUT2D eigenvalue weighted by molar-refractivity contribution is 0.0240. The number of aromatic nitrogens is 2. The molecule has 0 spiro atoms. The number of carbonyl (C=O) groups is 1. The fourth-order valence-corrected chi connectivity index (χ4v) is 3.42. The van der Waals surface area contributed by atoms with Crippen molar-refractivity contribution in [2.24, 2.45) is 12.0 Å². The van der Waals surface area contributed by atoms with Crippen LogP contribution in [0.15, 0.2) is 4.99 Å². The Morgan fingerprint density at radius 2 is 2.00 bits per heavy atom. The summed E-state index contributed by atoms with van der Waals surface area (Å²) in [6, 6.07) is 0.496. The molecule has 0 aliphatic heterocycles. The van der Waals surface area contributed by atoms with E-state index in [0.717, 1.165) is 37.5 Å². The third kappa shape index (κ3) is 8.86. The average Bonchev–Trinajstić information content (AvgIpc) is 3.42. The fraction of sp³-hybridized carbons (Fsp3) is 0.773. The van der Waals surface area contributed by atoms with Crippen molar-refractivity contribution in [3.8, 4) is 0 Å². The van der Waals surface area contributed by atoms with Gasteiger partial charge in [-0.15, -0.1) is 24.0 Å². The Labute approximate surface area is 204 Å². The topological polar surface area (TPSA) is 83.8 Å². The summed E-state index contributed by atoms with van der Waals surface area (Å²) < 4.78 is 7.49. The van der Waals surface area contributed by atoms with Gasteiger partial charge in [0.15, 0.2) is 5.96 Å². The average molecular weight is 549 g/mol. The summed E-state index contributed by atoms with van der Waals surface area (Å²) in [6.45, 7) is 15.9. The van der Waals surface area contributed by atoms with Crippen molar-refractivity contribution in [3.05, 3.63) is 17.0 Å². The number of guanidine groups is 1. The summed E-state index contributed by atoms with van der Waals surface area (Å²) in [6.07, 6.45) is 2.72. The van der Waals surface area contributed by atoms with Gasteiger partial charge in [-0.1, -0.05) is 0 Å². The first kappa shape index (κ1) is 27.5. The summed E-state index contributed by atoms with van der Waals surface area (Å²) in [5.74, 6) is 0.768. The maximum Gasteiger partial charge on any atom is 0.410 e. The molecular formula is C22H41IN6O2. The highest BCUT2D eigenvalue weighted by Gasteiger charge is 2.34. The molecule has 1 aliphatic carbocycles. The molecule has 1 saturated carbocycles. The highest BCUT2D eigenvalue weighted by Crippen LogP contribution is 2.28. The van der Waals surface area contributed by atoms with Gasteiger partial charge in [-0.3, -0.25) is 9.67 Å². The van der Waals surface area contributed by atoms with Crippen molar-refractivity contribution in [1.82, 2.24) is 25.3 Å². The first-order chi connectivity index (χ1) is 14.0. The summed E-state index contributed by atoms with van der Waals surface area (Å²) in [5, 5.41) is 11.3. The molecular weight excluding hydrogens is 507 g/mol. The van der Waals surface area contributed by atoms with Crippen LogP contribution in [-0.4, -0.2) is 64.1 Å². The highest BCUT2D eigenvalue weighted by atomic mass is 127. The second-order valence-corrected chi connectivity index (χ2v) is 9.19. The molecule has 1 aliphatic rings. The van der Waals surface area contributed by atoms with Crippen LogP contribution in [0.1, 0.15) is 64.4 Å². The minimum absolute atomic E-state index is 0. The van der Waals surface area contributed by atoms with Gasteiger partial charge < -0.3 is 20.3 Å². The predicted molar refractivity (Wildman–Crippen MR) is 136 cm³/mol. The van der Waals surface area contributed by atoms with Gasteiger partial charge in [-0.25, -0.2) is 4.79 Å². The molecule has 1 unspecified atom stereocenters. The molecule has 2 rings (SSSR count). The van der Waals surface area contributed by atoms with E-state index < -0.39 is 5.60 Å². The zero-order valence-electron chi connectivity index (χ0n) is 20.4. The Kier molecular flexibility index (Phi) is 10.6. The minimum Gasteiger partial charge on any atom is -0.444 e. The monoisotopic (exact) mass is 548 g/mol. The molecule has 2 N–H and O–H groups in total. The highest BCUT2D eigenvalue weighted by molar-refractivity contribution is 14.0. The van der Waals surface area contributed by atoms with E-state index in [1.165, 1.54) is 11.3 Å². The Bertz CT molecular complexity index is 752. The van der Waals surface area contributed by atoms with Gasteiger partial charge in [0, 0.05) is 37.9 Å². The summed E-state index contributed by atoms with van der Waals surface area (Å²) in [4.78, 5) is 19.0. The zero-order chi connectivity index (χ0) is 22.5. The second kappa shape index (κ2) is 11.9. The van der Waals surface area contributed by atoms with E-state index in [9.17, 15) is 4.79 Å². The van der Waals surface area contributed by atoms with E-state index in [1.807, 2.05) is 37.4 Å². The van der Waals surface area contributed by atoms with E-state index in [0.29, 0.717) is 19.1 Å². The quantitative estimate of drug-likeness (QED) is 0.295. The number of rotatable bonds is 8. The van der Waals surface area contributed by atoms with Crippen LogP contribution in [0.25, 0.3) is 0 Å². The molecule has 0 radical (unpaired) electrons. The van der Waals surface area contributed by atoms with Crippen molar-refractivity contribution < 1.29 is 9.53 Å². The van der Waals surface area contributed by atoms with Gasteiger partial charge in [0.2, 0.25) is 0 Å². The van der Waals surface area contributed by atoms with E-state index in [4.69, 9.17) is 9.73 Å². The third-order valence-electron chi connectivity index (χ3n) is 5.12. The summed E-state index contributed by atoms with van der Waals surface area (Å²) in [7, 11) is 1.98. The minimum atomic E-state index is -0.484. The lowest BCUT2D eigenvalue weighted by Crippen LogP contribution is -2.44. The van der Waals surface area contributed by atoms with Crippen LogP contribution in [0.2, 0.25) is 0 Å². The first-order valence-electron chi connectivity index (χ1n) is 11.0. The molecule has 0 aromatic carbocycles. The molecule has 8 nitrogen and oxygen atoms in total. The Morgan fingerprint density at radius 3 is 2.48 bits per heavy atom. The number of amides is 1. The molecule has 1 atom stereocenters. The molecule has 31 heavy (non-hydrogen) atoms. The smallest absolute Gasteiger partial charge is 0.410 e. The van der Waals surface area contributed by atoms with E-state index in [-0.39, 0.29) is 36.1 Å². The van der Waals surface area contributed by atoms with Gasteiger partial charge in [-0.05, 0) is 73.3 Å². The lowest BCUT2D eigenvalue weighted by Gasteiger charge is -2.27. The van der Waals surface area contributed by atoms with Gasteiger partial charge in [0.05, 0.1) is 12.2 Å². The number of nitrogens with one attached hydrogen (secondary N) is 2. The second-order valence-electron chi connectivity index (χ2n) is 9.19. The van der Waals surface area contributed by atoms with Crippen LogP contribution in [0, 0.1) is 13.8 Å². The molecule has 0 saturated heterocycles. The molecule has 1 aromatic rings. The standard InChI is InChI=1S/C22H40N6O2.HI/c1-9-23-20(25-15(2)14-19-16(3)26-27(8)17(19)4)24-12-13-28(18-10-11-18)21(29)30-22(5,6)7;/h15,18H,9-14H2,1-8H3,(H2,23,24,25);1H. The van der Waals surface area contributed by atoms with Crippen LogP contribution in [-0.2, 0) is 18.2 Å². The SMILES string of the molecule is CCNC(=NCCN(C(=O)OC(C)(C)C)C1CC1)NC(C)Cc1c(C)nn(C)c1C.I. The van der Waals surface area contributed by atoms with Crippen molar-refractivity contribution in [2.75, 3.05) is 19.6 Å². The van der Waals surface area contributed by atoms with Crippen molar-refractivity contribution in [3.63, 3.8) is 0 Å². The molecule has 178 valence electrons. The maximum atomic E-state index is 12.5. The Morgan fingerprint density at radius 1 is 1.35 bits per heavy atom. The van der Waals surface area contributed by atoms with Gasteiger partial charge >= 0.3 is 6.09 Å². The van der Waals surface area contributed by atoms with E-state index >= 15 is 0 Å². The van der Waals surface area contributed by atoms with Gasteiger partial charge in [0.25, 0.3) is 0 Å². The van der Waals surface area contributed by atoms with E-state index in [1.54, 1.807) is 0 Å². The molecule has 1 fully saturated rings. The molecule has 9 heteroatoms. The number of halogens is 1. The number of ether oxygens (including phenoxy) is 1. The zero-order valence-corrected chi connectivity index (χ0v) is 22.7. The Hall–Kier alpha value is -1.52. The van der Waals surface area contributed by atoms with Crippen LogP contribution in [0.3, 0.4) is 0 Å². The van der Waals surface area contributed by atoms with Crippen LogP contribution in [0.5, 0.6) is 0 Å². The molecule has 1 aromatic heterocycles. The normalized spacial score (nSPS) is 15.2. The molecule has 1 heterocycles. The lowest BCUT2D eigenvalue weighted by atomic mass is 10.1. The molecule has 0 bridgehead atoms. The Balaban J connectivity index is 0.00000480. The van der Waals surface area contributed by atoms with Crippen LogP contribution < -0.4 is 10.6 Å². The van der Waals surface area contributed by atoms with E-state index in [2.05, 4.69) is 43.4 Å². The number of nitrogens with zero attached hydrogens (tertiary/aromatic N) is 4. The molecule has 1 amide bonds. The largest absolute Gasteiger partial charge is 0.444 e. The van der Waals surface area contributed by atoms with Crippen molar-refractivity contribution >= 4 is 36.0 Å². The number of hydrogen-bond acceptors (Lipinski definition) is 4. The van der Waals surface area contributed by atoms with Gasteiger partial charge in [0.1, 0.15) is 5.60 Å². The first-order valence-corrected chi connectivity index (χ1v) is 11.0. The predicted octanol–water partition coefficient (Wildman–Crippen LogP) is 3.54. The number of hydrogen-bond donors (Lipinski definition) is 2. The van der Waals surface area contributed by atoms with Crippen molar-refractivity contribution in [2.45, 2.75) is 85.4 Å². The number of aryl methyl sites for hydroxylation is 2. The van der Waals surface area contributed by atoms with Crippen molar-refractivity contribution in [1.29, 1.82) is 0 Å². The van der Waals surface area contributed by atoms with Crippen LogP contribution in [0.4, 0.5) is 4.79 Å². The van der Waals surface area contributed by atoms with Crippen LogP contribution >= 0.6 is 24.0 Å².